The second-order valence-corrected chi connectivity index (χ2v) is 7.31. The largest absolute Gasteiger partial charge is 0.494 e. The molecule has 1 aromatic carbocycles. The molecular weight excluding hydrogens is 386 g/mol. The molecule has 6 nitrogen and oxygen atoms in total. The second kappa shape index (κ2) is 8.28. The Bertz CT molecular complexity index is 1040. The van der Waals surface area contributed by atoms with Crippen molar-refractivity contribution in [2.75, 3.05) is 11.9 Å². The van der Waals surface area contributed by atoms with E-state index in [-0.39, 0.29) is 24.1 Å². The van der Waals surface area contributed by atoms with Gasteiger partial charge >= 0.3 is 0 Å². The number of thiophene rings is 1. The molecule has 3 aromatic rings. The predicted molar refractivity (Wildman–Crippen MR) is 112 cm³/mol. The van der Waals surface area contributed by atoms with Crippen LogP contribution < -0.4 is 10.1 Å². The smallest absolute Gasteiger partial charge is 0.278 e. The van der Waals surface area contributed by atoms with E-state index in [0.717, 1.165) is 16.2 Å². The number of carbonyl (C=O) groups is 2. The van der Waals surface area contributed by atoms with Gasteiger partial charge in [0.15, 0.2) is 0 Å². The number of benzene rings is 1. The lowest BCUT2D eigenvalue weighted by atomic mass is 10.2. The van der Waals surface area contributed by atoms with Gasteiger partial charge in [0, 0.05) is 23.0 Å². The monoisotopic (exact) mass is 405 g/mol. The Hall–Kier alpha value is -3.45. The van der Waals surface area contributed by atoms with Gasteiger partial charge in [-0.25, -0.2) is 0 Å². The van der Waals surface area contributed by atoms with Crippen LogP contribution >= 0.6 is 11.3 Å². The number of carbonyl (C=O) groups excluding carboxylic acids is 2. The molecule has 146 valence electrons. The van der Waals surface area contributed by atoms with Crippen LogP contribution in [-0.4, -0.2) is 28.3 Å². The molecule has 0 spiro atoms. The number of pyridine rings is 1. The topological polar surface area (TPSA) is 71.5 Å². The van der Waals surface area contributed by atoms with Crippen LogP contribution in [0.3, 0.4) is 0 Å². The first-order valence-corrected chi connectivity index (χ1v) is 10.1. The maximum Gasteiger partial charge on any atom is 0.278 e. The van der Waals surface area contributed by atoms with E-state index in [4.69, 9.17) is 4.74 Å². The maximum absolute atomic E-state index is 13.1. The fourth-order valence-electron chi connectivity index (χ4n) is 3.10. The highest BCUT2D eigenvalue weighted by Gasteiger charge is 2.39. The van der Waals surface area contributed by atoms with Gasteiger partial charge in [-0.15, -0.1) is 11.3 Å². The lowest BCUT2D eigenvalue weighted by Gasteiger charge is -2.15. The average molecular weight is 405 g/mol. The number of amides is 2. The van der Waals surface area contributed by atoms with E-state index in [1.807, 2.05) is 48.7 Å². The number of imide groups is 1. The van der Waals surface area contributed by atoms with Crippen molar-refractivity contribution >= 4 is 34.4 Å². The van der Waals surface area contributed by atoms with Crippen LogP contribution in [0.5, 0.6) is 5.75 Å². The third kappa shape index (κ3) is 3.90. The molecule has 0 bridgehead atoms. The van der Waals surface area contributed by atoms with Crippen LogP contribution in [0.1, 0.15) is 17.4 Å². The third-order valence-electron chi connectivity index (χ3n) is 4.46. The van der Waals surface area contributed by atoms with Crippen molar-refractivity contribution in [3.8, 4) is 5.75 Å². The minimum Gasteiger partial charge on any atom is -0.494 e. The highest BCUT2D eigenvalue weighted by atomic mass is 32.1. The highest BCUT2D eigenvalue weighted by molar-refractivity contribution is 7.11. The lowest BCUT2D eigenvalue weighted by molar-refractivity contribution is -0.137. The van der Waals surface area contributed by atoms with Crippen molar-refractivity contribution in [3.05, 3.63) is 82.4 Å². The van der Waals surface area contributed by atoms with Gasteiger partial charge < -0.3 is 10.1 Å². The zero-order valence-electron chi connectivity index (χ0n) is 15.8. The van der Waals surface area contributed by atoms with Crippen LogP contribution in [0, 0.1) is 0 Å². The average Bonchev–Trinajstić information content (AvgIpc) is 3.34. The number of aromatic nitrogens is 1. The number of ether oxygens (including phenoxy) is 1. The second-order valence-electron chi connectivity index (χ2n) is 6.36. The summed E-state index contributed by atoms with van der Waals surface area (Å²) in [6.07, 6.45) is 3.29. The normalized spacial score (nSPS) is 13.9. The summed E-state index contributed by atoms with van der Waals surface area (Å²) >= 11 is 1.43. The standard InChI is InChI=1S/C22H19N3O3S/c1-2-28-17-7-5-16(6-8-17)24-20-19(18-4-3-13-29-18)21(26)25(22(20)27)14-15-9-11-23-12-10-15/h3-13,24H,2,14H2,1H3. The number of nitrogens with zero attached hydrogens (tertiary/aromatic N) is 2. The van der Waals surface area contributed by atoms with Crippen LogP contribution in [0.25, 0.3) is 5.57 Å². The van der Waals surface area contributed by atoms with E-state index in [0.29, 0.717) is 17.9 Å². The highest BCUT2D eigenvalue weighted by Crippen LogP contribution is 2.33. The summed E-state index contributed by atoms with van der Waals surface area (Å²) in [6.45, 7) is 2.70. The van der Waals surface area contributed by atoms with E-state index < -0.39 is 0 Å². The predicted octanol–water partition coefficient (Wildman–Crippen LogP) is 3.93. The van der Waals surface area contributed by atoms with Crippen LogP contribution in [0.2, 0.25) is 0 Å². The summed E-state index contributed by atoms with van der Waals surface area (Å²) < 4.78 is 5.46. The van der Waals surface area contributed by atoms with Crippen molar-refractivity contribution in [3.63, 3.8) is 0 Å². The van der Waals surface area contributed by atoms with E-state index in [1.54, 1.807) is 24.5 Å². The van der Waals surface area contributed by atoms with Gasteiger partial charge in [-0.2, -0.15) is 0 Å². The number of hydrogen-bond donors (Lipinski definition) is 1. The molecule has 0 unspecified atom stereocenters. The molecule has 1 aliphatic heterocycles. The van der Waals surface area contributed by atoms with Gasteiger partial charge in [0.1, 0.15) is 11.4 Å². The molecular formula is C22H19N3O3S. The molecule has 7 heteroatoms. The fraction of sp³-hybridized carbons (Fsp3) is 0.136. The zero-order chi connectivity index (χ0) is 20.2. The summed E-state index contributed by atoms with van der Waals surface area (Å²) in [6, 6.07) is 14.6. The molecule has 1 aliphatic rings. The van der Waals surface area contributed by atoms with E-state index >= 15 is 0 Å². The third-order valence-corrected chi connectivity index (χ3v) is 5.35. The SMILES string of the molecule is CCOc1ccc(NC2=C(c3cccs3)C(=O)N(Cc3ccncc3)C2=O)cc1. The van der Waals surface area contributed by atoms with Crippen LogP contribution in [0.15, 0.2) is 72.0 Å². The minimum absolute atomic E-state index is 0.198. The van der Waals surface area contributed by atoms with Crippen LogP contribution in [0.4, 0.5) is 5.69 Å². The van der Waals surface area contributed by atoms with Gasteiger partial charge in [-0.3, -0.25) is 19.5 Å². The summed E-state index contributed by atoms with van der Waals surface area (Å²) in [5, 5.41) is 5.04. The zero-order valence-corrected chi connectivity index (χ0v) is 16.6. The maximum atomic E-state index is 13.1. The molecule has 2 amide bonds. The number of nitrogens with one attached hydrogen (secondary N) is 1. The number of hydrogen-bond acceptors (Lipinski definition) is 6. The summed E-state index contributed by atoms with van der Waals surface area (Å²) in [4.78, 5) is 32.3. The number of rotatable bonds is 7. The molecule has 29 heavy (non-hydrogen) atoms. The van der Waals surface area contributed by atoms with Gasteiger partial charge in [-0.1, -0.05) is 6.07 Å². The van der Waals surface area contributed by atoms with Gasteiger partial charge in [0.05, 0.1) is 18.7 Å². The van der Waals surface area contributed by atoms with Gasteiger partial charge in [0.2, 0.25) is 0 Å². The van der Waals surface area contributed by atoms with Crippen molar-refractivity contribution < 1.29 is 14.3 Å². The molecule has 0 aliphatic carbocycles. The first-order chi connectivity index (χ1) is 14.2. The minimum atomic E-state index is -0.343. The molecule has 0 fully saturated rings. The van der Waals surface area contributed by atoms with E-state index in [2.05, 4.69) is 10.3 Å². The van der Waals surface area contributed by atoms with Crippen molar-refractivity contribution in [2.45, 2.75) is 13.5 Å². The van der Waals surface area contributed by atoms with E-state index in [1.165, 1.54) is 16.2 Å². The Morgan fingerprint density at radius 3 is 2.45 bits per heavy atom. The van der Waals surface area contributed by atoms with Gasteiger partial charge in [-0.05, 0) is 60.3 Å². The Kier molecular flexibility index (Phi) is 5.39. The summed E-state index contributed by atoms with van der Waals surface area (Å²) in [5.74, 6) is 0.102. The summed E-state index contributed by atoms with van der Waals surface area (Å²) in [5.41, 5.74) is 2.24. The molecule has 0 saturated carbocycles. The first kappa shape index (κ1) is 18.9. The summed E-state index contributed by atoms with van der Waals surface area (Å²) in [7, 11) is 0. The first-order valence-electron chi connectivity index (χ1n) is 9.20. The fourth-order valence-corrected chi connectivity index (χ4v) is 3.87. The van der Waals surface area contributed by atoms with Crippen molar-refractivity contribution in [1.29, 1.82) is 0 Å². The molecule has 0 saturated heterocycles. The molecule has 3 heterocycles. The van der Waals surface area contributed by atoms with Crippen LogP contribution in [-0.2, 0) is 16.1 Å². The number of anilines is 1. The van der Waals surface area contributed by atoms with Gasteiger partial charge in [0.25, 0.3) is 11.8 Å². The molecule has 0 radical (unpaired) electrons. The van der Waals surface area contributed by atoms with Crippen molar-refractivity contribution in [1.82, 2.24) is 9.88 Å². The lowest BCUT2D eigenvalue weighted by Crippen LogP contribution is -2.31. The van der Waals surface area contributed by atoms with Crippen molar-refractivity contribution in [2.24, 2.45) is 0 Å². The molecule has 1 N–H and O–H groups in total. The van der Waals surface area contributed by atoms with E-state index in [9.17, 15) is 9.59 Å². The Balaban J connectivity index is 1.65. The molecule has 0 atom stereocenters. The Labute approximate surface area is 172 Å². The molecule has 2 aromatic heterocycles. The molecule has 4 rings (SSSR count). The Morgan fingerprint density at radius 2 is 1.79 bits per heavy atom. The quantitative estimate of drug-likeness (QED) is 0.603. The Morgan fingerprint density at radius 1 is 1.03 bits per heavy atom.